The molecule has 17 heavy (non-hydrogen) atoms. The lowest BCUT2D eigenvalue weighted by atomic mass is 9.74. The molecule has 0 aromatic heterocycles. The van der Waals surface area contributed by atoms with E-state index in [-0.39, 0.29) is 16.6 Å². The van der Waals surface area contributed by atoms with Crippen molar-refractivity contribution in [2.24, 2.45) is 0 Å². The summed E-state index contributed by atoms with van der Waals surface area (Å²) in [7, 11) is 0. The summed E-state index contributed by atoms with van der Waals surface area (Å²) in [4.78, 5) is 10.9. The molecule has 0 radical (unpaired) electrons. The Balaban J connectivity index is 3.65. The highest BCUT2D eigenvalue weighted by atomic mass is 16.3. The minimum Gasteiger partial charge on any atom is -0.507 e. The first kappa shape index (κ1) is 13.8. The van der Waals surface area contributed by atoms with Gasteiger partial charge in [0.15, 0.2) is 6.29 Å². The fraction of sp³-hybridized carbons (Fsp3) is 0.533. The maximum atomic E-state index is 10.9. The van der Waals surface area contributed by atoms with Crippen molar-refractivity contribution in [2.75, 3.05) is 0 Å². The molecular formula is C15H22O2. The zero-order valence-electron chi connectivity index (χ0n) is 11.6. The molecule has 1 aromatic rings. The molecule has 94 valence electrons. The lowest BCUT2D eigenvalue weighted by Gasteiger charge is -2.31. The minimum absolute atomic E-state index is 0.0541. The van der Waals surface area contributed by atoms with Gasteiger partial charge in [0, 0.05) is 5.56 Å². The van der Waals surface area contributed by atoms with Gasteiger partial charge < -0.3 is 5.11 Å². The molecule has 2 heteroatoms. The second-order valence-electron chi connectivity index (χ2n) is 6.54. The van der Waals surface area contributed by atoms with Crippen molar-refractivity contribution in [3.05, 3.63) is 28.8 Å². The molecule has 0 spiro atoms. The summed E-state index contributed by atoms with van der Waals surface area (Å²) < 4.78 is 0. The van der Waals surface area contributed by atoms with Crippen LogP contribution in [0.3, 0.4) is 0 Å². The SMILES string of the molecule is CC(C)(C)c1ccc(C=O)c(O)c1C(C)(C)C. The third-order valence-corrected chi connectivity index (χ3v) is 2.89. The third-order valence-electron chi connectivity index (χ3n) is 2.89. The van der Waals surface area contributed by atoms with Gasteiger partial charge >= 0.3 is 0 Å². The van der Waals surface area contributed by atoms with Crippen LogP contribution in [0.15, 0.2) is 12.1 Å². The van der Waals surface area contributed by atoms with Gasteiger partial charge in [-0.25, -0.2) is 0 Å². The van der Waals surface area contributed by atoms with Gasteiger partial charge in [0.2, 0.25) is 0 Å². The van der Waals surface area contributed by atoms with Gasteiger partial charge in [-0.1, -0.05) is 47.6 Å². The van der Waals surface area contributed by atoms with Crippen LogP contribution < -0.4 is 0 Å². The lowest BCUT2D eigenvalue weighted by molar-refractivity contribution is 0.112. The van der Waals surface area contributed by atoms with Gasteiger partial charge in [-0.2, -0.15) is 0 Å². The van der Waals surface area contributed by atoms with Crippen molar-refractivity contribution in [1.82, 2.24) is 0 Å². The maximum absolute atomic E-state index is 10.9. The smallest absolute Gasteiger partial charge is 0.153 e. The standard InChI is InChI=1S/C15H22O2/c1-14(2,3)11-8-7-10(9-16)13(17)12(11)15(4,5)6/h7-9,17H,1-6H3. The Hall–Kier alpha value is -1.31. The molecule has 2 nitrogen and oxygen atoms in total. The summed E-state index contributed by atoms with van der Waals surface area (Å²) in [6.07, 6.45) is 0.705. The summed E-state index contributed by atoms with van der Waals surface area (Å²) >= 11 is 0. The number of phenols is 1. The number of phenolic OH excluding ortho intramolecular Hbond substituents is 1. The van der Waals surface area contributed by atoms with Crippen molar-refractivity contribution < 1.29 is 9.90 Å². The van der Waals surface area contributed by atoms with E-state index in [4.69, 9.17) is 0 Å². The van der Waals surface area contributed by atoms with E-state index in [0.29, 0.717) is 11.8 Å². The highest BCUT2D eigenvalue weighted by molar-refractivity contribution is 5.81. The van der Waals surface area contributed by atoms with Crippen LogP contribution in [0.25, 0.3) is 0 Å². The zero-order valence-corrected chi connectivity index (χ0v) is 11.6. The largest absolute Gasteiger partial charge is 0.507 e. The van der Waals surface area contributed by atoms with Gasteiger partial charge in [0.1, 0.15) is 5.75 Å². The summed E-state index contributed by atoms with van der Waals surface area (Å²) in [5, 5.41) is 10.2. The second kappa shape index (κ2) is 4.17. The second-order valence-corrected chi connectivity index (χ2v) is 6.54. The Labute approximate surface area is 104 Å². The maximum Gasteiger partial charge on any atom is 0.153 e. The molecular weight excluding hydrogens is 212 g/mol. The Morgan fingerprint density at radius 3 is 1.88 bits per heavy atom. The number of benzene rings is 1. The number of carbonyl (C=O) groups is 1. The quantitative estimate of drug-likeness (QED) is 0.750. The summed E-state index contributed by atoms with van der Waals surface area (Å²) in [6.45, 7) is 12.5. The molecule has 0 heterocycles. The van der Waals surface area contributed by atoms with Crippen LogP contribution in [-0.2, 0) is 10.8 Å². The topological polar surface area (TPSA) is 37.3 Å². The third kappa shape index (κ3) is 2.68. The zero-order chi connectivity index (χ0) is 13.4. The summed E-state index contributed by atoms with van der Waals surface area (Å²) in [5.74, 6) is 0.125. The van der Waals surface area contributed by atoms with Crippen LogP contribution >= 0.6 is 0 Å². The molecule has 0 fully saturated rings. The Morgan fingerprint density at radius 2 is 1.53 bits per heavy atom. The van der Waals surface area contributed by atoms with Gasteiger partial charge in [-0.05, 0) is 22.5 Å². The average Bonchev–Trinajstić information content (AvgIpc) is 2.13. The first-order valence-electron chi connectivity index (χ1n) is 5.91. The predicted octanol–water partition coefficient (Wildman–Crippen LogP) is 3.80. The number of aromatic hydroxyl groups is 1. The van der Waals surface area contributed by atoms with Crippen molar-refractivity contribution in [1.29, 1.82) is 0 Å². The highest BCUT2D eigenvalue weighted by Gasteiger charge is 2.29. The highest BCUT2D eigenvalue weighted by Crippen LogP contribution is 2.40. The fourth-order valence-electron chi connectivity index (χ4n) is 2.09. The Kier molecular flexibility index (Phi) is 3.37. The molecule has 0 atom stereocenters. The van der Waals surface area contributed by atoms with Gasteiger partial charge in [0.05, 0.1) is 5.56 Å². The van der Waals surface area contributed by atoms with E-state index in [1.165, 1.54) is 0 Å². The van der Waals surface area contributed by atoms with Crippen LogP contribution in [0.4, 0.5) is 0 Å². The number of hydrogen-bond acceptors (Lipinski definition) is 2. The van der Waals surface area contributed by atoms with E-state index >= 15 is 0 Å². The van der Waals surface area contributed by atoms with Crippen molar-refractivity contribution >= 4 is 6.29 Å². The van der Waals surface area contributed by atoms with E-state index in [1.807, 2.05) is 26.8 Å². The molecule has 0 unspecified atom stereocenters. The van der Waals surface area contributed by atoms with Crippen LogP contribution in [-0.4, -0.2) is 11.4 Å². The number of rotatable bonds is 1. The molecule has 1 N–H and O–H groups in total. The van der Waals surface area contributed by atoms with E-state index in [0.717, 1.165) is 11.1 Å². The first-order valence-corrected chi connectivity index (χ1v) is 5.91. The van der Waals surface area contributed by atoms with Gasteiger partial charge in [0.25, 0.3) is 0 Å². The van der Waals surface area contributed by atoms with E-state index in [2.05, 4.69) is 20.8 Å². The molecule has 0 aliphatic heterocycles. The molecule has 0 amide bonds. The van der Waals surface area contributed by atoms with Crippen molar-refractivity contribution in [2.45, 2.75) is 52.4 Å². The molecule has 1 rings (SSSR count). The number of hydrogen-bond donors (Lipinski definition) is 1. The van der Waals surface area contributed by atoms with Crippen molar-refractivity contribution in [3.63, 3.8) is 0 Å². The van der Waals surface area contributed by atoms with E-state index in [1.54, 1.807) is 6.07 Å². The van der Waals surface area contributed by atoms with Crippen LogP contribution in [0.1, 0.15) is 63.0 Å². The molecule has 0 saturated heterocycles. The molecule has 0 aliphatic carbocycles. The normalized spacial score (nSPS) is 12.6. The average molecular weight is 234 g/mol. The summed E-state index contributed by atoms with van der Waals surface area (Å²) in [5.41, 5.74) is 2.08. The van der Waals surface area contributed by atoms with Crippen LogP contribution in [0.2, 0.25) is 0 Å². The van der Waals surface area contributed by atoms with Crippen LogP contribution in [0.5, 0.6) is 5.75 Å². The van der Waals surface area contributed by atoms with Gasteiger partial charge in [-0.15, -0.1) is 0 Å². The van der Waals surface area contributed by atoms with Crippen LogP contribution in [0, 0.1) is 0 Å². The molecule has 1 aromatic carbocycles. The fourth-order valence-corrected chi connectivity index (χ4v) is 2.09. The molecule has 0 saturated carbocycles. The monoisotopic (exact) mass is 234 g/mol. The van der Waals surface area contributed by atoms with E-state index < -0.39 is 0 Å². The van der Waals surface area contributed by atoms with Gasteiger partial charge in [-0.3, -0.25) is 4.79 Å². The Bertz CT molecular complexity index is 431. The first-order chi connectivity index (χ1) is 7.59. The Morgan fingerprint density at radius 1 is 1.00 bits per heavy atom. The molecule has 0 bridgehead atoms. The van der Waals surface area contributed by atoms with Crippen molar-refractivity contribution in [3.8, 4) is 5.75 Å². The van der Waals surface area contributed by atoms with E-state index in [9.17, 15) is 9.90 Å². The number of aldehydes is 1. The lowest BCUT2D eigenvalue weighted by Crippen LogP contribution is -2.22. The summed E-state index contributed by atoms with van der Waals surface area (Å²) in [6, 6.07) is 3.64. The number of carbonyl (C=O) groups excluding carboxylic acids is 1. The molecule has 0 aliphatic rings. The predicted molar refractivity (Wildman–Crippen MR) is 70.9 cm³/mol. The minimum atomic E-state index is -0.189.